The van der Waals surface area contributed by atoms with Gasteiger partial charge in [0.05, 0.1) is 0 Å². The zero-order valence-electron chi connectivity index (χ0n) is 12.5. The molecule has 1 N–H and O–H groups in total. The van der Waals surface area contributed by atoms with Gasteiger partial charge in [0.2, 0.25) is 5.91 Å². The summed E-state index contributed by atoms with van der Waals surface area (Å²) < 4.78 is 0. The summed E-state index contributed by atoms with van der Waals surface area (Å²) in [5.41, 5.74) is 1.30. The molecule has 1 aromatic rings. The highest BCUT2D eigenvalue weighted by atomic mass is 16.1. The number of hydrogen-bond acceptors (Lipinski definition) is 3. The standard InChI is InChI=1S/C16H25N3O/c1-17-16(20)10-12-18(2)15-9-6-11-19(13-15)14-7-4-3-5-8-14/h3-5,7-8,15H,6,9-13H2,1-2H3,(H,17,20). The summed E-state index contributed by atoms with van der Waals surface area (Å²) >= 11 is 0. The number of hydrogen-bond donors (Lipinski definition) is 1. The third-order valence-electron chi connectivity index (χ3n) is 4.11. The Morgan fingerprint density at radius 2 is 2.15 bits per heavy atom. The van der Waals surface area contributed by atoms with Crippen LogP contribution in [0.3, 0.4) is 0 Å². The minimum absolute atomic E-state index is 0.118. The number of carbonyl (C=O) groups is 1. The quantitative estimate of drug-likeness (QED) is 0.889. The Morgan fingerprint density at radius 3 is 2.85 bits per heavy atom. The summed E-state index contributed by atoms with van der Waals surface area (Å²) in [5, 5.41) is 2.68. The van der Waals surface area contributed by atoms with Crippen molar-refractivity contribution < 1.29 is 4.79 Å². The number of amides is 1. The minimum Gasteiger partial charge on any atom is -0.370 e. The maximum atomic E-state index is 11.3. The summed E-state index contributed by atoms with van der Waals surface area (Å²) in [7, 11) is 3.82. The molecule has 20 heavy (non-hydrogen) atoms. The van der Waals surface area contributed by atoms with Crippen molar-refractivity contribution in [3.63, 3.8) is 0 Å². The zero-order valence-corrected chi connectivity index (χ0v) is 12.5. The normalized spacial score (nSPS) is 19.1. The number of nitrogens with zero attached hydrogens (tertiary/aromatic N) is 2. The first-order chi connectivity index (χ1) is 9.70. The van der Waals surface area contributed by atoms with Gasteiger partial charge in [-0.2, -0.15) is 0 Å². The van der Waals surface area contributed by atoms with Crippen molar-refractivity contribution in [1.82, 2.24) is 10.2 Å². The summed E-state index contributed by atoms with van der Waals surface area (Å²) in [4.78, 5) is 16.1. The van der Waals surface area contributed by atoms with Crippen LogP contribution in [0.4, 0.5) is 5.69 Å². The SMILES string of the molecule is CNC(=O)CCN(C)C1CCCN(c2ccccc2)C1. The lowest BCUT2D eigenvalue weighted by Crippen LogP contribution is -2.47. The van der Waals surface area contributed by atoms with Crippen molar-refractivity contribution >= 4 is 11.6 Å². The Bertz CT molecular complexity index is 421. The van der Waals surface area contributed by atoms with E-state index in [0.717, 1.165) is 19.6 Å². The van der Waals surface area contributed by atoms with Gasteiger partial charge in [0.1, 0.15) is 0 Å². The van der Waals surface area contributed by atoms with Crippen LogP contribution >= 0.6 is 0 Å². The van der Waals surface area contributed by atoms with Gasteiger partial charge < -0.3 is 15.1 Å². The van der Waals surface area contributed by atoms with Gasteiger partial charge in [-0.15, -0.1) is 0 Å². The lowest BCUT2D eigenvalue weighted by Gasteiger charge is -2.38. The molecule has 1 aliphatic heterocycles. The predicted octanol–water partition coefficient (Wildman–Crippen LogP) is 1.72. The van der Waals surface area contributed by atoms with Gasteiger partial charge in [-0.3, -0.25) is 4.79 Å². The molecule has 4 heteroatoms. The molecule has 0 spiro atoms. The van der Waals surface area contributed by atoms with E-state index >= 15 is 0 Å². The molecule has 4 nitrogen and oxygen atoms in total. The number of benzene rings is 1. The second-order valence-electron chi connectivity index (χ2n) is 5.48. The molecule has 0 saturated carbocycles. The Hall–Kier alpha value is -1.55. The van der Waals surface area contributed by atoms with Crippen LogP contribution in [-0.4, -0.2) is 50.6 Å². The third kappa shape index (κ3) is 3.97. The molecule has 0 aromatic heterocycles. The van der Waals surface area contributed by atoms with E-state index in [1.807, 2.05) is 0 Å². The molecule has 1 atom stereocenters. The van der Waals surface area contributed by atoms with Crippen molar-refractivity contribution in [2.24, 2.45) is 0 Å². The number of anilines is 1. The second-order valence-corrected chi connectivity index (χ2v) is 5.48. The van der Waals surface area contributed by atoms with Crippen molar-refractivity contribution in [3.8, 4) is 0 Å². The molecule has 1 unspecified atom stereocenters. The molecule has 2 rings (SSSR count). The van der Waals surface area contributed by atoms with Gasteiger partial charge in [0.25, 0.3) is 0 Å². The van der Waals surface area contributed by atoms with Crippen LogP contribution < -0.4 is 10.2 Å². The van der Waals surface area contributed by atoms with Crippen molar-refractivity contribution in [1.29, 1.82) is 0 Å². The largest absolute Gasteiger partial charge is 0.370 e. The fourth-order valence-electron chi connectivity index (χ4n) is 2.77. The van der Waals surface area contributed by atoms with Gasteiger partial charge in [-0.05, 0) is 32.0 Å². The zero-order chi connectivity index (χ0) is 14.4. The number of carbonyl (C=O) groups excluding carboxylic acids is 1. The van der Waals surface area contributed by atoms with Crippen LogP contribution in [-0.2, 0) is 4.79 Å². The van der Waals surface area contributed by atoms with Crippen molar-refractivity contribution in [2.45, 2.75) is 25.3 Å². The molecule has 110 valence electrons. The summed E-state index contributed by atoms with van der Waals surface area (Å²) in [6.07, 6.45) is 3.01. The first-order valence-electron chi connectivity index (χ1n) is 7.41. The van der Waals surface area contributed by atoms with E-state index in [1.54, 1.807) is 7.05 Å². The van der Waals surface area contributed by atoms with Gasteiger partial charge in [-0.1, -0.05) is 18.2 Å². The molecule has 1 aromatic carbocycles. The fraction of sp³-hybridized carbons (Fsp3) is 0.562. The predicted molar refractivity (Wildman–Crippen MR) is 83.0 cm³/mol. The fourth-order valence-corrected chi connectivity index (χ4v) is 2.77. The summed E-state index contributed by atoms with van der Waals surface area (Å²) in [6, 6.07) is 11.1. The average molecular weight is 275 g/mol. The van der Waals surface area contributed by atoms with Gasteiger partial charge >= 0.3 is 0 Å². The van der Waals surface area contributed by atoms with E-state index < -0.39 is 0 Å². The molecule has 0 aliphatic carbocycles. The lowest BCUT2D eigenvalue weighted by molar-refractivity contribution is -0.121. The Kier molecular flexibility index (Phi) is 5.41. The maximum Gasteiger partial charge on any atom is 0.221 e. The van der Waals surface area contributed by atoms with Crippen LogP contribution in [0.25, 0.3) is 0 Å². The summed E-state index contributed by atoms with van der Waals surface area (Å²) in [5.74, 6) is 0.118. The number of likely N-dealkylation sites (N-methyl/N-ethyl adjacent to an activating group) is 1. The van der Waals surface area contributed by atoms with E-state index in [2.05, 4.69) is 52.5 Å². The smallest absolute Gasteiger partial charge is 0.221 e. The highest BCUT2D eigenvalue weighted by molar-refractivity contribution is 5.75. The molecular formula is C16H25N3O. The molecule has 1 heterocycles. The number of piperidine rings is 1. The molecule has 1 aliphatic rings. The van der Waals surface area contributed by atoms with E-state index in [0.29, 0.717) is 12.5 Å². The highest BCUT2D eigenvalue weighted by Crippen LogP contribution is 2.21. The molecule has 0 bridgehead atoms. The molecule has 0 radical (unpaired) electrons. The highest BCUT2D eigenvalue weighted by Gasteiger charge is 2.23. The Labute approximate surface area is 121 Å². The topological polar surface area (TPSA) is 35.6 Å². The number of para-hydroxylation sites is 1. The van der Waals surface area contributed by atoms with E-state index in [4.69, 9.17) is 0 Å². The summed E-state index contributed by atoms with van der Waals surface area (Å²) in [6.45, 7) is 3.00. The average Bonchev–Trinajstić information content (AvgIpc) is 2.53. The van der Waals surface area contributed by atoms with E-state index in [1.165, 1.54) is 18.5 Å². The molecule has 1 saturated heterocycles. The minimum atomic E-state index is 0.118. The van der Waals surface area contributed by atoms with Crippen LogP contribution in [0.5, 0.6) is 0 Å². The first kappa shape index (κ1) is 14.9. The molecule has 1 amide bonds. The molecular weight excluding hydrogens is 250 g/mol. The third-order valence-corrected chi connectivity index (χ3v) is 4.11. The maximum absolute atomic E-state index is 11.3. The van der Waals surface area contributed by atoms with Crippen LogP contribution in [0.1, 0.15) is 19.3 Å². The van der Waals surface area contributed by atoms with Crippen molar-refractivity contribution in [3.05, 3.63) is 30.3 Å². The van der Waals surface area contributed by atoms with Gasteiger partial charge in [0.15, 0.2) is 0 Å². The monoisotopic (exact) mass is 275 g/mol. The van der Waals surface area contributed by atoms with Crippen LogP contribution in [0, 0.1) is 0 Å². The van der Waals surface area contributed by atoms with Crippen LogP contribution in [0.15, 0.2) is 30.3 Å². The first-order valence-corrected chi connectivity index (χ1v) is 7.41. The van der Waals surface area contributed by atoms with Gasteiger partial charge in [0, 0.05) is 44.8 Å². The Morgan fingerprint density at radius 1 is 1.40 bits per heavy atom. The van der Waals surface area contributed by atoms with E-state index in [9.17, 15) is 4.79 Å². The number of nitrogens with one attached hydrogen (secondary N) is 1. The van der Waals surface area contributed by atoms with E-state index in [-0.39, 0.29) is 5.91 Å². The Balaban J connectivity index is 1.88. The number of rotatable bonds is 5. The second kappa shape index (κ2) is 7.29. The van der Waals surface area contributed by atoms with Crippen LogP contribution in [0.2, 0.25) is 0 Å². The van der Waals surface area contributed by atoms with Crippen molar-refractivity contribution in [2.75, 3.05) is 38.6 Å². The lowest BCUT2D eigenvalue weighted by atomic mass is 10.0. The van der Waals surface area contributed by atoms with Gasteiger partial charge in [-0.25, -0.2) is 0 Å². The molecule has 1 fully saturated rings.